The fraction of sp³-hybridized carbons (Fsp3) is 0.412. The van der Waals surface area contributed by atoms with E-state index < -0.39 is 0 Å². The van der Waals surface area contributed by atoms with Crippen molar-refractivity contribution in [1.29, 1.82) is 0 Å². The van der Waals surface area contributed by atoms with E-state index in [1.165, 1.54) is 6.07 Å². The van der Waals surface area contributed by atoms with Crippen LogP contribution < -0.4 is 11.3 Å². The van der Waals surface area contributed by atoms with Crippen molar-refractivity contribution >= 4 is 16.8 Å². The van der Waals surface area contributed by atoms with Crippen LogP contribution in [0.15, 0.2) is 35.1 Å². The molecule has 1 atom stereocenters. The lowest BCUT2D eigenvalue weighted by molar-refractivity contribution is 0.0534. The third kappa shape index (κ3) is 2.52. The lowest BCUT2D eigenvalue weighted by Crippen LogP contribution is -2.54. The summed E-state index contributed by atoms with van der Waals surface area (Å²) in [5, 5.41) is 0.778. The predicted octanol–water partition coefficient (Wildman–Crippen LogP) is 1.73. The molecule has 0 radical (unpaired) electrons. The lowest BCUT2D eigenvalue weighted by Gasteiger charge is -2.42. The van der Waals surface area contributed by atoms with Crippen LogP contribution in [0.1, 0.15) is 30.6 Å². The van der Waals surface area contributed by atoms with Crippen LogP contribution in [0.2, 0.25) is 0 Å². The minimum atomic E-state index is -0.255. The molecule has 0 aliphatic carbocycles. The van der Waals surface area contributed by atoms with E-state index in [1.54, 1.807) is 0 Å². The van der Waals surface area contributed by atoms with Crippen LogP contribution in [0.25, 0.3) is 10.9 Å². The maximum absolute atomic E-state index is 12.9. The molecule has 1 aromatic carbocycles. The Morgan fingerprint density at radius 3 is 2.82 bits per heavy atom. The molecule has 1 aliphatic heterocycles. The van der Waals surface area contributed by atoms with Crippen molar-refractivity contribution in [3.05, 3.63) is 46.2 Å². The minimum Gasteiger partial charge on any atom is -0.338 e. The summed E-state index contributed by atoms with van der Waals surface area (Å²) in [5.74, 6) is -0.0951. The van der Waals surface area contributed by atoms with Crippen molar-refractivity contribution in [2.45, 2.75) is 26.3 Å². The van der Waals surface area contributed by atoms with E-state index in [2.05, 4.69) is 18.8 Å². The number of hydrogen-bond donors (Lipinski definition) is 2. The normalized spacial score (nSPS) is 21.0. The van der Waals surface area contributed by atoms with Crippen LogP contribution in [0, 0.1) is 5.41 Å². The number of pyridine rings is 1. The maximum Gasteiger partial charge on any atom is 0.254 e. The summed E-state index contributed by atoms with van der Waals surface area (Å²) in [4.78, 5) is 29.3. The Bertz CT molecular complexity index is 779. The number of rotatable bonds is 1. The highest BCUT2D eigenvalue weighted by atomic mass is 16.2. The number of carbonyl (C=O) groups is 1. The summed E-state index contributed by atoms with van der Waals surface area (Å²) < 4.78 is 0. The number of para-hydroxylation sites is 1. The third-order valence-corrected chi connectivity index (χ3v) is 4.58. The second-order valence-electron chi connectivity index (χ2n) is 6.70. The summed E-state index contributed by atoms with van der Waals surface area (Å²) in [7, 11) is 0. The number of piperidine rings is 1. The molecule has 3 N–H and O–H groups in total. The zero-order valence-corrected chi connectivity index (χ0v) is 12.9. The summed E-state index contributed by atoms with van der Waals surface area (Å²) in [5.41, 5.74) is 6.91. The first-order valence-corrected chi connectivity index (χ1v) is 7.55. The Labute approximate surface area is 129 Å². The van der Waals surface area contributed by atoms with E-state index >= 15 is 0 Å². The number of nitrogens with zero attached hydrogens (tertiary/aromatic N) is 1. The fourth-order valence-electron chi connectivity index (χ4n) is 3.10. The Morgan fingerprint density at radius 2 is 2.09 bits per heavy atom. The number of nitrogens with one attached hydrogen (secondary N) is 1. The van der Waals surface area contributed by atoms with Crippen LogP contribution in [0.5, 0.6) is 0 Å². The van der Waals surface area contributed by atoms with Gasteiger partial charge in [0.15, 0.2) is 0 Å². The molecule has 0 bridgehead atoms. The van der Waals surface area contributed by atoms with Gasteiger partial charge in [-0.2, -0.15) is 0 Å². The zero-order valence-electron chi connectivity index (χ0n) is 12.9. The average Bonchev–Trinajstić information content (AvgIpc) is 2.48. The molecule has 1 aromatic heterocycles. The quantitative estimate of drug-likeness (QED) is 0.841. The number of aromatic amines is 1. The summed E-state index contributed by atoms with van der Waals surface area (Å²) in [6, 6.07) is 8.87. The molecule has 0 spiro atoms. The monoisotopic (exact) mass is 299 g/mol. The number of amides is 1. The molecule has 3 rings (SSSR count). The van der Waals surface area contributed by atoms with Crippen LogP contribution in [-0.4, -0.2) is 34.9 Å². The Morgan fingerprint density at radius 1 is 1.36 bits per heavy atom. The summed E-state index contributed by atoms with van der Waals surface area (Å²) >= 11 is 0. The van der Waals surface area contributed by atoms with Crippen LogP contribution in [0.3, 0.4) is 0 Å². The van der Waals surface area contributed by atoms with Crippen molar-refractivity contribution in [3.8, 4) is 0 Å². The number of hydrogen-bond acceptors (Lipinski definition) is 3. The van der Waals surface area contributed by atoms with Gasteiger partial charge in [-0.15, -0.1) is 0 Å². The van der Waals surface area contributed by atoms with E-state index in [0.29, 0.717) is 24.2 Å². The summed E-state index contributed by atoms with van der Waals surface area (Å²) in [6.07, 6.45) is 0.778. The number of H-pyrrole nitrogens is 1. The molecular weight excluding hydrogens is 278 g/mol. The molecule has 1 unspecified atom stereocenters. The number of aromatic nitrogens is 1. The van der Waals surface area contributed by atoms with Crippen LogP contribution >= 0.6 is 0 Å². The van der Waals surface area contributed by atoms with Gasteiger partial charge in [0.25, 0.3) is 5.91 Å². The number of benzene rings is 1. The Kier molecular flexibility index (Phi) is 3.53. The van der Waals surface area contributed by atoms with Crippen molar-refractivity contribution in [1.82, 2.24) is 9.88 Å². The number of fused-ring (bicyclic) bond motifs is 1. The first-order valence-electron chi connectivity index (χ1n) is 7.55. The van der Waals surface area contributed by atoms with Gasteiger partial charge in [-0.05, 0) is 17.9 Å². The molecule has 1 fully saturated rings. The van der Waals surface area contributed by atoms with Gasteiger partial charge in [0.1, 0.15) is 0 Å². The minimum absolute atomic E-state index is 0.0903. The van der Waals surface area contributed by atoms with Gasteiger partial charge in [-0.1, -0.05) is 32.0 Å². The molecule has 1 aliphatic rings. The molecule has 2 aromatic rings. The van der Waals surface area contributed by atoms with Gasteiger partial charge in [-0.3, -0.25) is 9.59 Å². The van der Waals surface area contributed by atoms with Crippen LogP contribution in [-0.2, 0) is 0 Å². The molecule has 116 valence electrons. The van der Waals surface area contributed by atoms with Crippen molar-refractivity contribution < 1.29 is 4.79 Å². The van der Waals surface area contributed by atoms with Crippen molar-refractivity contribution in [2.24, 2.45) is 11.1 Å². The number of nitrogens with two attached hydrogens (primary N) is 1. The smallest absolute Gasteiger partial charge is 0.254 e. The molecule has 0 saturated carbocycles. The first kappa shape index (κ1) is 14.8. The van der Waals surface area contributed by atoms with Gasteiger partial charge in [0.05, 0.1) is 5.56 Å². The molecule has 5 nitrogen and oxygen atoms in total. The van der Waals surface area contributed by atoms with Gasteiger partial charge < -0.3 is 15.6 Å². The van der Waals surface area contributed by atoms with E-state index in [4.69, 9.17) is 5.73 Å². The van der Waals surface area contributed by atoms with Gasteiger partial charge in [0.2, 0.25) is 5.56 Å². The number of carbonyl (C=O) groups excluding carboxylic acids is 1. The third-order valence-electron chi connectivity index (χ3n) is 4.58. The Hall–Kier alpha value is -2.14. The molecule has 5 heteroatoms. The van der Waals surface area contributed by atoms with Gasteiger partial charge in [0, 0.05) is 36.1 Å². The van der Waals surface area contributed by atoms with Crippen molar-refractivity contribution in [2.75, 3.05) is 13.1 Å². The predicted molar refractivity (Wildman–Crippen MR) is 86.8 cm³/mol. The second kappa shape index (κ2) is 5.25. The molecular formula is C17H21N3O2. The fourth-order valence-corrected chi connectivity index (χ4v) is 3.10. The Balaban J connectivity index is 2.01. The van der Waals surface area contributed by atoms with E-state index in [-0.39, 0.29) is 22.9 Å². The molecule has 1 amide bonds. The maximum atomic E-state index is 12.9. The second-order valence-corrected chi connectivity index (χ2v) is 6.70. The highest BCUT2D eigenvalue weighted by molar-refractivity contribution is 6.06. The highest BCUT2D eigenvalue weighted by Crippen LogP contribution is 2.29. The van der Waals surface area contributed by atoms with Gasteiger partial charge >= 0.3 is 0 Å². The van der Waals surface area contributed by atoms with Gasteiger partial charge in [-0.25, -0.2) is 0 Å². The van der Waals surface area contributed by atoms with E-state index in [9.17, 15) is 9.59 Å². The van der Waals surface area contributed by atoms with E-state index in [1.807, 2.05) is 29.2 Å². The van der Waals surface area contributed by atoms with Crippen LogP contribution in [0.4, 0.5) is 0 Å². The van der Waals surface area contributed by atoms with E-state index in [0.717, 1.165) is 11.8 Å². The zero-order chi connectivity index (χ0) is 15.9. The topological polar surface area (TPSA) is 79.2 Å². The van der Waals surface area contributed by atoms with Crippen molar-refractivity contribution in [3.63, 3.8) is 0 Å². The standard InChI is InChI=1S/C17H21N3O2/c1-17(2)10-20(8-7-14(17)18)16(22)12-9-15(21)19-13-6-4-3-5-11(12)13/h3-6,9,14H,7-8,10,18H2,1-2H3,(H,19,21). The summed E-state index contributed by atoms with van der Waals surface area (Å²) in [6.45, 7) is 5.39. The first-order chi connectivity index (χ1) is 10.4. The molecule has 22 heavy (non-hydrogen) atoms. The largest absolute Gasteiger partial charge is 0.338 e. The average molecular weight is 299 g/mol. The number of likely N-dealkylation sites (tertiary alicyclic amines) is 1. The lowest BCUT2D eigenvalue weighted by atomic mass is 9.79. The molecule has 1 saturated heterocycles. The SMILES string of the molecule is CC1(C)CN(C(=O)c2cc(=O)[nH]c3ccccc23)CCC1N. The molecule has 2 heterocycles. The highest BCUT2D eigenvalue weighted by Gasteiger charge is 2.35.